The molecule has 0 heterocycles. The van der Waals surface area contributed by atoms with Crippen molar-refractivity contribution in [1.29, 1.82) is 0 Å². The van der Waals surface area contributed by atoms with Gasteiger partial charge in [-0.1, -0.05) is 58.4 Å². The zero-order valence-electron chi connectivity index (χ0n) is 9.40. The van der Waals surface area contributed by atoms with Crippen LogP contribution >= 0.6 is 15.9 Å². The van der Waals surface area contributed by atoms with Crippen LogP contribution in [0.25, 0.3) is 0 Å². The highest BCUT2D eigenvalue weighted by Gasteiger charge is 2.04. The normalized spacial score (nSPS) is 10.2. The molecule has 0 atom stereocenters. The lowest BCUT2D eigenvalue weighted by molar-refractivity contribution is -0.117. The minimum Gasteiger partial charge on any atom is -0.299 e. The molecule has 2 rings (SSSR count). The summed E-state index contributed by atoms with van der Waals surface area (Å²) in [7, 11) is 0. The van der Waals surface area contributed by atoms with Crippen LogP contribution in [0.15, 0.2) is 59.1 Å². The minimum atomic E-state index is 0.249. The van der Waals surface area contributed by atoms with Crippen LogP contribution < -0.4 is 0 Å². The average molecular weight is 289 g/mol. The van der Waals surface area contributed by atoms with E-state index in [1.807, 2.05) is 54.6 Å². The topological polar surface area (TPSA) is 17.1 Å². The van der Waals surface area contributed by atoms with E-state index in [-0.39, 0.29) is 5.78 Å². The average Bonchev–Trinajstić information content (AvgIpc) is 2.33. The summed E-state index contributed by atoms with van der Waals surface area (Å²) in [6.07, 6.45) is 1.01. The van der Waals surface area contributed by atoms with Crippen molar-refractivity contribution in [2.24, 2.45) is 0 Å². The van der Waals surface area contributed by atoms with E-state index in [0.29, 0.717) is 12.8 Å². The van der Waals surface area contributed by atoms with Gasteiger partial charge in [-0.05, 0) is 23.3 Å². The Morgan fingerprint density at radius 1 is 0.824 bits per heavy atom. The lowest BCUT2D eigenvalue weighted by atomic mass is 10.0. The SMILES string of the molecule is O=C(Cc1ccccc1)Cc1ccc(Br)cc1. The summed E-state index contributed by atoms with van der Waals surface area (Å²) in [4.78, 5) is 11.9. The van der Waals surface area contributed by atoms with Gasteiger partial charge in [0.15, 0.2) is 0 Å². The van der Waals surface area contributed by atoms with Gasteiger partial charge in [0.05, 0.1) is 0 Å². The van der Waals surface area contributed by atoms with E-state index in [1.165, 1.54) is 0 Å². The van der Waals surface area contributed by atoms with Crippen LogP contribution in [0.3, 0.4) is 0 Å². The molecule has 1 nitrogen and oxygen atoms in total. The first-order valence-electron chi connectivity index (χ1n) is 5.54. The highest BCUT2D eigenvalue weighted by atomic mass is 79.9. The maximum atomic E-state index is 11.9. The number of hydrogen-bond donors (Lipinski definition) is 0. The highest BCUT2D eigenvalue weighted by molar-refractivity contribution is 9.10. The fourth-order valence-corrected chi connectivity index (χ4v) is 1.98. The molecule has 0 radical (unpaired) electrons. The smallest absolute Gasteiger partial charge is 0.141 e. The molecule has 0 bridgehead atoms. The molecule has 0 saturated heterocycles. The molecule has 17 heavy (non-hydrogen) atoms. The number of halogens is 1. The molecule has 0 aliphatic rings. The van der Waals surface area contributed by atoms with Gasteiger partial charge in [0.2, 0.25) is 0 Å². The number of carbonyl (C=O) groups excluding carboxylic acids is 1. The van der Waals surface area contributed by atoms with E-state index in [1.54, 1.807) is 0 Å². The molecule has 0 spiro atoms. The zero-order chi connectivity index (χ0) is 12.1. The van der Waals surface area contributed by atoms with E-state index >= 15 is 0 Å². The Morgan fingerprint density at radius 3 is 1.94 bits per heavy atom. The van der Waals surface area contributed by atoms with Crippen LogP contribution in [-0.4, -0.2) is 5.78 Å². The Bertz CT molecular complexity index is 488. The van der Waals surface area contributed by atoms with Gasteiger partial charge in [-0.2, -0.15) is 0 Å². The predicted molar refractivity (Wildman–Crippen MR) is 73.0 cm³/mol. The number of carbonyl (C=O) groups is 1. The predicted octanol–water partition coefficient (Wildman–Crippen LogP) is 3.80. The van der Waals surface area contributed by atoms with Gasteiger partial charge in [0.1, 0.15) is 5.78 Å². The molecule has 0 aromatic heterocycles. The Kier molecular flexibility index (Phi) is 4.10. The molecule has 0 aliphatic heterocycles. The third kappa shape index (κ3) is 3.82. The number of benzene rings is 2. The van der Waals surface area contributed by atoms with Crippen molar-refractivity contribution in [2.75, 3.05) is 0 Å². The summed E-state index contributed by atoms with van der Waals surface area (Å²) in [5.74, 6) is 0.249. The third-order valence-electron chi connectivity index (χ3n) is 2.56. The Morgan fingerprint density at radius 2 is 1.35 bits per heavy atom. The number of Topliss-reactive ketones (excluding diaryl/α,β-unsaturated/α-hetero) is 1. The molecular weight excluding hydrogens is 276 g/mol. The van der Waals surface area contributed by atoms with Crippen molar-refractivity contribution >= 4 is 21.7 Å². The van der Waals surface area contributed by atoms with Crippen molar-refractivity contribution in [3.8, 4) is 0 Å². The first-order chi connectivity index (χ1) is 8.24. The van der Waals surface area contributed by atoms with E-state index in [2.05, 4.69) is 15.9 Å². The summed E-state index contributed by atoms with van der Waals surface area (Å²) in [5, 5.41) is 0. The van der Waals surface area contributed by atoms with Crippen LogP contribution in [0.5, 0.6) is 0 Å². The van der Waals surface area contributed by atoms with Crippen LogP contribution in [0, 0.1) is 0 Å². The molecule has 2 aromatic carbocycles. The molecule has 0 saturated carbocycles. The lowest BCUT2D eigenvalue weighted by Crippen LogP contribution is -2.06. The molecule has 0 amide bonds. The Labute approximate surface area is 110 Å². The van der Waals surface area contributed by atoms with Gasteiger partial charge in [0, 0.05) is 17.3 Å². The number of rotatable bonds is 4. The zero-order valence-corrected chi connectivity index (χ0v) is 11.0. The maximum Gasteiger partial charge on any atom is 0.141 e. The molecule has 2 heteroatoms. The first kappa shape index (κ1) is 12.1. The maximum absolute atomic E-state index is 11.9. The van der Waals surface area contributed by atoms with Crippen LogP contribution in [0.1, 0.15) is 11.1 Å². The van der Waals surface area contributed by atoms with E-state index in [9.17, 15) is 4.79 Å². The fourth-order valence-electron chi connectivity index (χ4n) is 1.72. The number of ketones is 1. The van der Waals surface area contributed by atoms with Gasteiger partial charge in [0.25, 0.3) is 0 Å². The molecule has 0 unspecified atom stereocenters. The van der Waals surface area contributed by atoms with Gasteiger partial charge < -0.3 is 0 Å². The summed E-state index contributed by atoms with van der Waals surface area (Å²) in [6, 6.07) is 17.7. The van der Waals surface area contributed by atoms with Gasteiger partial charge in [-0.3, -0.25) is 4.79 Å². The van der Waals surface area contributed by atoms with Crippen LogP contribution in [0.2, 0.25) is 0 Å². The largest absolute Gasteiger partial charge is 0.299 e. The quantitative estimate of drug-likeness (QED) is 0.836. The Balaban J connectivity index is 1.96. The van der Waals surface area contributed by atoms with Crippen LogP contribution in [0.4, 0.5) is 0 Å². The molecule has 0 aliphatic carbocycles. The van der Waals surface area contributed by atoms with Gasteiger partial charge in [-0.25, -0.2) is 0 Å². The summed E-state index contributed by atoms with van der Waals surface area (Å²) < 4.78 is 1.04. The second-order valence-corrected chi connectivity index (χ2v) is 4.92. The van der Waals surface area contributed by atoms with Crippen LogP contribution in [-0.2, 0) is 17.6 Å². The van der Waals surface area contributed by atoms with Crippen molar-refractivity contribution in [1.82, 2.24) is 0 Å². The van der Waals surface area contributed by atoms with Crippen molar-refractivity contribution in [3.05, 3.63) is 70.2 Å². The molecule has 86 valence electrons. The van der Waals surface area contributed by atoms with Crippen molar-refractivity contribution in [3.63, 3.8) is 0 Å². The molecule has 0 fully saturated rings. The fraction of sp³-hybridized carbons (Fsp3) is 0.133. The van der Waals surface area contributed by atoms with E-state index < -0.39 is 0 Å². The van der Waals surface area contributed by atoms with E-state index in [4.69, 9.17) is 0 Å². The second kappa shape index (κ2) is 5.78. The standard InChI is InChI=1S/C15H13BrO/c16-14-8-6-13(7-9-14)11-15(17)10-12-4-2-1-3-5-12/h1-9H,10-11H2. The third-order valence-corrected chi connectivity index (χ3v) is 3.09. The summed E-state index contributed by atoms with van der Waals surface area (Å²) in [5.41, 5.74) is 2.14. The van der Waals surface area contributed by atoms with Crippen molar-refractivity contribution < 1.29 is 4.79 Å². The van der Waals surface area contributed by atoms with Crippen molar-refractivity contribution in [2.45, 2.75) is 12.8 Å². The monoisotopic (exact) mass is 288 g/mol. The molecule has 2 aromatic rings. The number of hydrogen-bond acceptors (Lipinski definition) is 1. The molecular formula is C15H13BrO. The van der Waals surface area contributed by atoms with E-state index in [0.717, 1.165) is 15.6 Å². The van der Waals surface area contributed by atoms with Gasteiger partial charge in [-0.15, -0.1) is 0 Å². The first-order valence-corrected chi connectivity index (χ1v) is 6.33. The van der Waals surface area contributed by atoms with Gasteiger partial charge >= 0.3 is 0 Å². The highest BCUT2D eigenvalue weighted by Crippen LogP contribution is 2.12. The molecule has 0 N–H and O–H groups in total. The summed E-state index contributed by atoms with van der Waals surface area (Å²) in [6.45, 7) is 0. The summed E-state index contributed by atoms with van der Waals surface area (Å²) >= 11 is 3.38. The second-order valence-electron chi connectivity index (χ2n) is 4.00. The Hall–Kier alpha value is -1.41. The lowest BCUT2D eigenvalue weighted by Gasteiger charge is -2.02. The minimum absolute atomic E-state index is 0.249.